The first-order valence-corrected chi connectivity index (χ1v) is 4.93. The maximum absolute atomic E-state index is 4.08. The summed E-state index contributed by atoms with van der Waals surface area (Å²) in [6, 6.07) is 4.06. The molecular weight excluding hydrogens is 216 g/mol. The Morgan fingerprint density at radius 2 is 2.08 bits per heavy atom. The van der Waals surface area contributed by atoms with Gasteiger partial charge in [0.05, 0.1) is 0 Å². The zero-order valence-electron chi connectivity index (χ0n) is 7.42. The second-order valence-electron chi connectivity index (χ2n) is 2.51. The van der Waals surface area contributed by atoms with Gasteiger partial charge >= 0.3 is 0 Å². The van der Waals surface area contributed by atoms with Crippen LogP contribution in [0.25, 0.3) is 0 Å². The highest BCUT2D eigenvalue weighted by atomic mass is 79.9. The van der Waals surface area contributed by atoms with Crippen molar-refractivity contribution in [3.8, 4) is 0 Å². The summed E-state index contributed by atoms with van der Waals surface area (Å²) >= 11 is 3.35. The van der Waals surface area contributed by atoms with Gasteiger partial charge < -0.3 is 4.90 Å². The Morgan fingerprint density at radius 3 is 2.58 bits per heavy atom. The lowest BCUT2D eigenvalue weighted by atomic mass is 10.3. The van der Waals surface area contributed by atoms with Crippen molar-refractivity contribution in [3.05, 3.63) is 22.9 Å². The summed E-state index contributed by atoms with van der Waals surface area (Å²) in [5.41, 5.74) is 1.22. The van der Waals surface area contributed by atoms with Crippen LogP contribution in [0.3, 0.4) is 0 Å². The lowest BCUT2D eigenvalue weighted by Gasteiger charge is -2.20. The molecule has 0 saturated carbocycles. The van der Waals surface area contributed by atoms with Crippen LogP contribution in [-0.2, 0) is 0 Å². The molecule has 0 amide bonds. The summed E-state index contributed by atoms with van der Waals surface area (Å²) in [6.45, 7) is 6.37. The third kappa shape index (κ3) is 2.21. The molecule has 0 spiro atoms. The third-order valence-electron chi connectivity index (χ3n) is 1.84. The van der Waals surface area contributed by atoms with E-state index in [4.69, 9.17) is 0 Å². The molecule has 0 unspecified atom stereocenters. The molecule has 0 fully saturated rings. The zero-order chi connectivity index (χ0) is 8.97. The van der Waals surface area contributed by atoms with Crippen LogP contribution >= 0.6 is 15.9 Å². The van der Waals surface area contributed by atoms with Gasteiger partial charge in [-0.1, -0.05) is 0 Å². The first-order valence-electron chi connectivity index (χ1n) is 4.14. The molecule has 1 aromatic heterocycles. The first kappa shape index (κ1) is 9.52. The van der Waals surface area contributed by atoms with Gasteiger partial charge in [0.25, 0.3) is 0 Å². The fraction of sp³-hybridized carbons (Fsp3) is 0.444. The number of nitrogens with zero attached hydrogens (tertiary/aromatic N) is 2. The van der Waals surface area contributed by atoms with E-state index in [9.17, 15) is 0 Å². The SMILES string of the molecule is CCN(CC)c1ccnc(Br)c1. The van der Waals surface area contributed by atoms with E-state index in [0.29, 0.717) is 0 Å². The standard InChI is InChI=1S/C9H13BrN2/c1-3-12(4-2)8-5-6-11-9(10)7-8/h5-7H,3-4H2,1-2H3. The van der Waals surface area contributed by atoms with Gasteiger partial charge in [0.2, 0.25) is 0 Å². The van der Waals surface area contributed by atoms with Crippen molar-refractivity contribution >= 4 is 21.6 Å². The van der Waals surface area contributed by atoms with Crippen LogP contribution in [0.5, 0.6) is 0 Å². The van der Waals surface area contributed by atoms with Crippen LogP contribution in [0.15, 0.2) is 22.9 Å². The summed E-state index contributed by atoms with van der Waals surface area (Å²) in [6.07, 6.45) is 1.82. The predicted molar refractivity (Wildman–Crippen MR) is 55.5 cm³/mol. The average Bonchev–Trinajstić information content (AvgIpc) is 2.07. The van der Waals surface area contributed by atoms with E-state index in [1.165, 1.54) is 5.69 Å². The largest absolute Gasteiger partial charge is 0.372 e. The van der Waals surface area contributed by atoms with Crippen LogP contribution < -0.4 is 4.90 Å². The molecule has 1 heterocycles. The molecule has 1 rings (SSSR count). The van der Waals surface area contributed by atoms with Gasteiger partial charge in [0.1, 0.15) is 4.60 Å². The molecule has 0 radical (unpaired) electrons. The van der Waals surface area contributed by atoms with E-state index in [-0.39, 0.29) is 0 Å². The minimum absolute atomic E-state index is 0.895. The smallest absolute Gasteiger partial charge is 0.108 e. The van der Waals surface area contributed by atoms with Gasteiger partial charge in [-0.3, -0.25) is 0 Å². The fourth-order valence-corrected chi connectivity index (χ4v) is 1.53. The van der Waals surface area contributed by atoms with E-state index in [2.05, 4.69) is 39.7 Å². The van der Waals surface area contributed by atoms with Crippen LogP contribution in [0, 0.1) is 0 Å². The average molecular weight is 229 g/mol. The molecular formula is C9H13BrN2. The highest BCUT2D eigenvalue weighted by Crippen LogP contribution is 2.16. The maximum atomic E-state index is 4.08. The van der Waals surface area contributed by atoms with Crippen molar-refractivity contribution in [3.63, 3.8) is 0 Å². The van der Waals surface area contributed by atoms with Crippen molar-refractivity contribution < 1.29 is 0 Å². The van der Waals surface area contributed by atoms with Crippen LogP contribution in [0.2, 0.25) is 0 Å². The van der Waals surface area contributed by atoms with E-state index in [1.807, 2.05) is 18.3 Å². The van der Waals surface area contributed by atoms with Gasteiger partial charge in [0, 0.05) is 25.0 Å². The van der Waals surface area contributed by atoms with Crippen LogP contribution in [-0.4, -0.2) is 18.1 Å². The number of rotatable bonds is 3. The third-order valence-corrected chi connectivity index (χ3v) is 2.27. The fourth-order valence-electron chi connectivity index (χ4n) is 1.18. The van der Waals surface area contributed by atoms with Crippen molar-refractivity contribution in [1.29, 1.82) is 0 Å². The molecule has 0 aliphatic heterocycles. The Labute approximate surface area is 81.7 Å². The summed E-state index contributed by atoms with van der Waals surface area (Å²) < 4.78 is 0.895. The minimum Gasteiger partial charge on any atom is -0.372 e. The summed E-state index contributed by atoms with van der Waals surface area (Å²) in [7, 11) is 0. The number of hydrogen-bond acceptors (Lipinski definition) is 2. The first-order chi connectivity index (χ1) is 5.77. The van der Waals surface area contributed by atoms with Crippen molar-refractivity contribution in [2.24, 2.45) is 0 Å². The molecule has 1 aromatic rings. The Hall–Kier alpha value is -0.570. The van der Waals surface area contributed by atoms with Gasteiger partial charge in [-0.15, -0.1) is 0 Å². The van der Waals surface area contributed by atoms with Crippen LogP contribution in [0.1, 0.15) is 13.8 Å². The zero-order valence-corrected chi connectivity index (χ0v) is 9.00. The van der Waals surface area contributed by atoms with E-state index in [1.54, 1.807) is 0 Å². The van der Waals surface area contributed by atoms with E-state index < -0.39 is 0 Å². The summed E-state index contributed by atoms with van der Waals surface area (Å²) in [5.74, 6) is 0. The lowest BCUT2D eigenvalue weighted by Crippen LogP contribution is -2.21. The van der Waals surface area contributed by atoms with Gasteiger partial charge in [0.15, 0.2) is 0 Å². The minimum atomic E-state index is 0.895. The highest BCUT2D eigenvalue weighted by Gasteiger charge is 2.00. The molecule has 0 N–H and O–H groups in total. The highest BCUT2D eigenvalue weighted by molar-refractivity contribution is 9.10. The molecule has 0 aromatic carbocycles. The Morgan fingerprint density at radius 1 is 1.42 bits per heavy atom. The number of pyridine rings is 1. The second-order valence-corrected chi connectivity index (χ2v) is 3.32. The number of aromatic nitrogens is 1. The van der Waals surface area contributed by atoms with Crippen molar-refractivity contribution in [1.82, 2.24) is 4.98 Å². The molecule has 0 aliphatic rings. The van der Waals surface area contributed by atoms with Gasteiger partial charge in [-0.25, -0.2) is 4.98 Å². The Bertz CT molecular complexity index is 246. The molecule has 0 saturated heterocycles. The molecule has 66 valence electrons. The van der Waals surface area contributed by atoms with Crippen molar-refractivity contribution in [2.75, 3.05) is 18.0 Å². The molecule has 0 aliphatic carbocycles. The number of anilines is 1. The normalized spacial score (nSPS) is 9.92. The summed E-state index contributed by atoms with van der Waals surface area (Å²) in [4.78, 5) is 6.36. The summed E-state index contributed by atoms with van der Waals surface area (Å²) in [5, 5.41) is 0. The lowest BCUT2D eigenvalue weighted by molar-refractivity contribution is 0.864. The Balaban J connectivity index is 2.85. The Kier molecular flexibility index (Phi) is 3.53. The monoisotopic (exact) mass is 228 g/mol. The molecule has 0 bridgehead atoms. The molecule has 3 heteroatoms. The second kappa shape index (κ2) is 4.45. The van der Waals surface area contributed by atoms with Crippen LogP contribution in [0.4, 0.5) is 5.69 Å². The van der Waals surface area contributed by atoms with Crippen molar-refractivity contribution in [2.45, 2.75) is 13.8 Å². The topological polar surface area (TPSA) is 16.1 Å². The van der Waals surface area contributed by atoms with Gasteiger partial charge in [-0.05, 0) is 41.9 Å². The van der Waals surface area contributed by atoms with E-state index in [0.717, 1.165) is 17.7 Å². The number of halogens is 1. The number of hydrogen-bond donors (Lipinski definition) is 0. The molecule has 12 heavy (non-hydrogen) atoms. The quantitative estimate of drug-likeness (QED) is 0.741. The molecule has 2 nitrogen and oxygen atoms in total. The maximum Gasteiger partial charge on any atom is 0.108 e. The predicted octanol–water partition coefficient (Wildman–Crippen LogP) is 2.69. The molecule has 0 atom stereocenters. The van der Waals surface area contributed by atoms with Gasteiger partial charge in [-0.2, -0.15) is 0 Å². The van der Waals surface area contributed by atoms with E-state index >= 15 is 0 Å².